The van der Waals surface area contributed by atoms with Crippen molar-refractivity contribution in [3.63, 3.8) is 0 Å². The van der Waals surface area contributed by atoms with E-state index >= 15 is 0 Å². The van der Waals surface area contributed by atoms with Crippen molar-refractivity contribution >= 4 is 11.4 Å². The molecule has 0 aliphatic carbocycles. The monoisotopic (exact) mass is 172 g/mol. The van der Waals surface area contributed by atoms with Crippen LogP contribution in [-0.4, -0.2) is 0 Å². The molecule has 0 amide bonds. The van der Waals surface area contributed by atoms with Crippen molar-refractivity contribution in [1.29, 1.82) is 10.5 Å². The van der Waals surface area contributed by atoms with Gasteiger partial charge in [-0.1, -0.05) is 12.1 Å². The molecule has 0 aliphatic heterocycles. The van der Waals surface area contributed by atoms with Crippen LogP contribution in [0.2, 0.25) is 0 Å². The highest BCUT2D eigenvalue weighted by molar-refractivity contribution is 5.69. The zero-order valence-electron chi connectivity index (χ0n) is 6.86. The van der Waals surface area contributed by atoms with E-state index in [0.29, 0.717) is 16.9 Å². The summed E-state index contributed by atoms with van der Waals surface area (Å²) in [6, 6.07) is 8.61. The average Bonchev–Trinajstić information content (AvgIpc) is 2.14. The zero-order chi connectivity index (χ0) is 9.84. The van der Waals surface area contributed by atoms with E-state index < -0.39 is 5.92 Å². The summed E-state index contributed by atoms with van der Waals surface area (Å²) in [6.07, 6.45) is 0. The van der Waals surface area contributed by atoms with Crippen molar-refractivity contribution in [1.82, 2.24) is 0 Å². The Hall–Kier alpha value is -2.20. The van der Waals surface area contributed by atoms with Crippen molar-refractivity contribution in [2.75, 3.05) is 11.5 Å². The number of anilines is 2. The van der Waals surface area contributed by atoms with E-state index in [0.717, 1.165) is 0 Å². The lowest BCUT2D eigenvalue weighted by Crippen LogP contribution is -2.02. The second-order valence-electron chi connectivity index (χ2n) is 2.54. The Morgan fingerprint density at radius 2 is 1.77 bits per heavy atom. The summed E-state index contributed by atoms with van der Waals surface area (Å²) in [4.78, 5) is 0. The van der Waals surface area contributed by atoms with Gasteiger partial charge >= 0.3 is 0 Å². The third-order valence-electron chi connectivity index (χ3n) is 1.74. The lowest BCUT2D eigenvalue weighted by Gasteiger charge is -2.06. The molecule has 0 radical (unpaired) electrons. The molecule has 13 heavy (non-hydrogen) atoms. The Bertz CT molecular complexity index is 383. The molecule has 0 bridgehead atoms. The van der Waals surface area contributed by atoms with Crippen LogP contribution >= 0.6 is 0 Å². The summed E-state index contributed by atoms with van der Waals surface area (Å²) in [5.41, 5.74) is 12.3. The van der Waals surface area contributed by atoms with E-state index in [1.54, 1.807) is 18.2 Å². The molecule has 0 fully saturated rings. The van der Waals surface area contributed by atoms with Crippen LogP contribution in [-0.2, 0) is 0 Å². The van der Waals surface area contributed by atoms with Gasteiger partial charge in [0, 0.05) is 5.56 Å². The van der Waals surface area contributed by atoms with Crippen LogP contribution in [0.25, 0.3) is 0 Å². The largest absolute Gasteiger partial charge is 0.397 e. The second-order valence-corrected chi connectivity index (χ2v) is 2.54. The first-order valence-corrected chi connectivity index (χ1v) is 3.63. The molecule has 0 atom stereocenters. The molecule has 0 unspecified atom stereocenters. The molecule has 0 spiro atoms. The van der Waals surface area contributed by atoms with Crippen molar-refractivity contribution < 1.29 is 0 Å². The summed E-state index contributed by atoms with van der Waals surface area (Å²) >= 11 is 0. The van der Waals surface area contributed by atoms with E-state index in [1.165, 1.54) is 0 Å². The molecule has 4 N–H and O–H groups in total. The highest BCUT2D eigenvalue weighted by atomic mass is 14.7. The normalized spacial score (nSPS) is 9.15. The number of rotatable bonds is 1. The third-order valence-corrected chi connectivity index (χ3v) is 1.74. The molecule has 4 nitrogen and oxygen atoms in total. The number of nitrogen functional groups attached to an aromatic ring is 2. The maximum absolute atomic E-state index is 8.63. The van der Waals surface area contributed by atoms with E-state index in [-0.39, 0.29) is 0 Å². The standard InChI is InChI=1S/C9H8N4/c10-4-6(5-11)7-2-1-3-8(12)9(7)13/h1-3,6H,12-13H2. The fourth-order valence-corrected chi connectivity index (χ4v) is 1.02. The molecule has 64 valence electrons. The van der Waals surface area contributed by atoms with Crippen LogP contribution in [0, 0.1) is 22.7 Å². The molecule has 0 heterocycles. The molecule has 4 heteroatoms. The van der Waals surface area contributed by atoms with Crippen LogP contribution < -0.4 is 11.5 Å². The summed E-state index contributed by atoms with van der Waals surface area (Å²) in [5, 5.41) is 17.3. The average molecular weight is 172 g/mol. The molecule has 1 rings (SSSR count). The third kappa shape index (κ3) is 1.52. The number of benzene rings is 1. The first-order chi connectivity index (χ1) is 6.20. The van der Waals surface area contributed by atoms with Crippen molar-refractivity contribution in [2.24, 2.45) is 0 Å². The van der Waals surface area contributed by atoms with Crippen LogP contribution in [0.15, 0.2) is 18.2 Å². The maximum Gasteiger partial charge on any atom is 0.160 e. The van der Waals surface area contributed by atoms with Gasteiger partial charge < -0.3 is 11.5 Å². The van der Waals surface area contributed by atoms with Gasteiger partial charge in [0.1, 0.15) is 0 Å². The topological polar surface area (TPSA) is 99.6 Å². The summed E-state index contributed by atoms with van der Waals surface area (Å²) in [7, 11) is 0. The second kappa shape index (κ2) is 3.46. The number of hydrogen-bond donors (Lipinski definition) is 2. The number of nitrogens with zero attached hydrogens (tertiary/aromatic N) is 2. The minimum Gasteiger partial charge on any atom is -0.397 e. The maximum atomic E-state index is 8.63. The van der Waals surface area contributed by atoms with E-state index in [4.69, 9.17) is 22.0 Å². The van der Waals surface area contributed by atoms with Crippen LogP contribution in [0.3, 0.4) is 0 Å². The number of nitriles is 2. The highest BCUT2D eigenvalue weighted by Crippen LogP contribution is 2.25. The lowest BCUT2D eigenvalue weighted by atomic mass is 9.99. The fraction of sp³-hybridized carbons (Fsp3) is 0.111. The molecule has 1 aromatic carbocycles. The summed E-state index contributed by atoms with van der Waals surface area (Å²) in [5.74, 6) is -0.844. The number of para-hydroxylation sites is 1. The summed E-state index contributed by atoms with van der Waals surface area (Å²) in [6.45, 7) is 0. The van der Waals surface area contributed by atoms with Gasteiger partial charge in [0.2, 0.25) is 0 Å². The zero-order valence-corrected chi connectivity index (χ0v) is 6.86. The quantitative estimate of drug-likeness (QED) is 0.616. The van der Waals surface area contributed by atoms with Gasteiger partial charge in [0.15, 0.2) is 5.92 Å². The molecule has 0 aromatic heterocycles. The van der Waals surface area contributed by atoms with Crippen molar-refractivity contribution in [3.05, 3.63) is 23.8 Å². The predicted octanol–water partition coefficient (Wildman–Crippen LogP) is 0.982. The van der Waals surface area contributed by atoms with Gasteiger partial charge in [-0.05, 0) is 6.07 Å². The molecular weight excluding hydrogens is 164 g/mol. The molecule has 0 saturated carbocycles. The van der Waals surface area contributed by atoms with Gasteiger partial charge in [0.05, 0.1) is 23.5 Å². The van der Waals surface area contributed by atoms with Gasteiger partial charge in [-0.25, -0.2) is 0 Å². The van der Waals surface area contributed by atoms with Gasteiger partial charge in [-0.2, -0.15) is 10.5 Å². The number of nitrogens with two attached hydrogens (primary N) is 2. The molecule has 1 aromatic rings. The van der Waals surface area contributed by atoms with E-state index in [2.05, 4.69) is 0 Å². The molecule has 0 saturated heterocycles. The van der Waals surface area contributed by atoms with E-state index in [1.807, 2.05) is 12.1 Å². The summed E-state index contributed by atoms with van der Waals surface area (Å²) < 4.78 is 0. The Kier molecular flexibility index (Phi) is 2.37. The van der Waals surface area contributed by atoms with E-state index in [9.17, 15) is 0 Å². The molecular formula is C9H8N4. The SMILES string of the molecule is N#CC(C#N)c1cccc(N)c1N. The fourth-order valence-electron chi connectivity index (χ4n) is 1.02. The van der Waals surface area contributed by atoms with Crippen LogP contribution in [0.5, 0.6) is 0 Å². The first-order valence-electron chi connectivity index (χ1n) is 3.63. The lowest BCUT2D eigenvalue weighted by molar-refractivity contribution is 1.11. The Morgan fingerprint density at radius 3 is 2.31 bits per heavy atom. The molecule has 0 aliphatic rings. The van der Waals surface area contributed by atoms with Crippen LogP contribution in [0.4, 0.5) is 11.4 Å². The van der Waals surface area contributed by atoms with Gasteiger partial charge in [-0.15, -0.1) is 0 Å². The van der Waals surface area contributed by atoms with Crippen LogP contribution in [0.1, 0.15) is 11.5 Å². The first kappa shape index (κ1) is 8.89. The minimum absolute atomic E-state index is 0.315. The minimum atomic E-state index is -0.844. The van der Waals surface area contributed by atoms with Gasteiger partial charge in [0.25, 0.3) is 0 Å². The Balaban J connectivity index is 3.25. The Labute approximate surface area is 76.0 Å². The highest BCUT2D eigenvalue weighted by Gasteiger charge is 2.13. The predicted molar refractivity (Wildman–Crippen MR) is 49.2 cm³/mol. The van der Waals surface area contributed by atoms with Crippen molar-refractivity contribution in [2.45, 2.75) is 5.92 Å². The smallest absolute Gasteiger partial charge is 0.160 e. The Morgan fingerprint density at radius 1 is 1.15 bits per heavy atom. The number of hydrogen-bond acceptors (Lipinski definition) is 4. The van der Waals surface area contributed by atoms with Crippen molar-refractivity contribution in [3.8, 4) is 12.1 Å². The van der Waals surface area contributed by atoms with Gasteiger partial charge in [-0.3, -0.25) is 0 Å².